The largest absolute Gasteiger partial charge is 0.508 e. The normalized spacial score (nSPS) is 19.7. The third kappa shape index (κ3) is 3.65. The van der Waals surface area contributed by atoms with Crippen LogP contribution in [0, 0.1) is 0 Å². The van der Waals surface area contributed by atoms with Crippen LogP contribution in [0.1, 0.15) is 36.0 Å². The van der Waals surface area contributed by atoms with E-state index in [1.807, 2.05) is 0 Å². The van der Waals surface area contributed by atoms with E-state index in [2.05, 4.69) is 0 Å². The molecule has 0 radical (unpaired) electrons. The molecule has 1 aliphatic carbocycles. The number of amides is 2. The topological polar surface area (TPSA) is 86.9 Å². The van der Waals surface area contributed by atoms with Gasteiger partial charge < -0.3 is 20.6 Å². The number of nitrogens with two attached hydrogens (primary N) is 1. The van der Waals surface area contributed by atoms with Crippen LogP contribution in [0.25, 0.3) is 0 Å². The molecule has 1 saturated carbocycles. The Bertz CT molecular complexity index is 609. The van der Waals surface area contributed by atoms with Crippen molar-refractivity contribution < 1.29 is 14.7 Å². The van der Waals surface area contributed by atoms with E-state index in [-0.39, 0.29) is 30.0 Å². The third-order valence-corrected chi connectivity index (χ3v) is 4.87. The molecule has 0 aromatic heterocycles. The molecule has 2 fully saturated rings. The number of phenolic OH excluding ortho intramolecular Hbond substituents is 1. The SMILES string of the molecule is Cl.NC1(C(=O)N2CCN(C(=O)c3cccc(O)c3)CC2)CCCC1. The fraction of sp³-hybridized carbons (Fsp3) is 0.529. The summed E-state index contributed by atoms with van der Waals surface area (Å²) in [6.07, 6.45) is 3.54. The van der Waals surface area contributed by atoms with Gasteiger partial charge in [-0.15, -0.1) is 12.4 Å². The molecular formula is C17H24ClN3O3. The molecule has 1 heterocycles. The number of carbonyl (C=O) groups is 2. The Hall–Kier alpha value is -1.79. The Morgan fingerprint density at radius 2 is 1.62 bits per heavy atom. The van der Waals surface area contributed by atoms with Gasteiger partial charge in [-0.3, -0.25) is 9.59 Å². The summed E-state index contributed by atoms with van der Waals surface area (Å²) in [5, 5.41) is 9.49. The van der Waals surface area contributed by atoms with Crippen LogP contribution >= 0.6 is 12.4 Å². The number of hydrogen-bond acceptors (Lipinski definition) is 4. The molecule has 1 saturated heterocycles. The van der Waals surface area contributed by atoms with Crippen molar-refractivity contribution in [1.29, 1.82) is 0 Å². The van der Waals surface area contributed by atoms with Crippen LogP contribution in [0.2, 0.25) is 0 Å². The highest BCUT2D eigenvalue weighted by Crippen LogP contribution is 2.29. The lowest BCUT2D eigenvalue weighted by Gasteiger charge is -2.38. The number of halogens is 1. The van der Waals surface area contributed by atoms with E-state index in [4.69, 9.17) is 5.73 Å². The number of phenols is 1. The van der Waals surface area contributed by atoms with Crippen molar-refractivity contribution in [3.05, 3.63) is 29.8 Å². The summed E-state index contributed by atoms with van der Waals surface area (Å²) in [5.74, 6) is -0.00764. The van der Waals surface area contributed by atoms with Crippen molar-refractivity contribution in [2.24, 2.45) is 5.73 Å². The summed E-state index contributed by atoms with van der Waals surface area (Å²) in [6.45, 7) is 2.03. The quantitative estimate of drug-likeness (QED) is 0.840. The summed E-state index contributed by atoms with van der Waals surface area (Å²) >= 11 is 0. The molecule has 3 N–H and O–H groups in total. The molecule has 1 aromatic rings. The summed E-state index contributed by atoms with van der Waals surface area (Å²) in [4.78, 5) is 28.5. The van der Waals surface area contributed by atoms with Gasteiger partial charge in [0.1, 0.15) is 5.75 Å². The minimum atomic E-state index is -0.697. The van der Waals surface area contributed by atoms with Gasteiger partial charge in [-0.05, 0) is 31.0 Å². The fourth-order valence-electron chi connectivity index (χ4n) is 3.47. The Morgan fingerprint density at radius 3 is 2.21 bits per heavy atom. The number of rotatable bonds is 2. The maximum atomic E-state index is 12.6. The van der Waals surface area contributed by atoms with Crippen molar-refractivity contribution in [3.63, 3.8) is 0 Å². The molecule has 2 aliphatic rings. The molecule has 24 heavy (non-hydrogen) atoms. The Morgan fingerprint density at radius 1 is 1.04 bits per heavy atom. The Balaban J connectivity index is 0.00000208. The lowest BCUT2D eigenvalue weighted by molar-refractivity contribution is -0.138. The summed E-state index contributed by atoms with van der Waals surface area (Å²) < 4.78 is 0. The molecule has 132 valence electrons. The van der Waals surface area contributed by atoms with Crippen LogP contribution in [-0.4, -0.2) is 58.4 Å². The predicted molar refractivity (Wildman–Crippen MR) is 93.2 cm³/mol. The summed E-state index contributed by atoms with van der Waals surface area (Å²) in [7, 11) is 0. The number of nitrogens with zero attached hydrogens (tertiary/aromatic N) is 2. The van der Waals surface area contributed by atoms with Crippen LogP contribution in [0.4, 0.5) is 0 Å². The maximum absolute atomic E-state index is 12.6. The van der Waals surface area contributed by atoms with Crippen molar-refractivity contribution >= 4 is 24.2 Å². The zero-order valence-corrected chi connectivity index (χ0v) is 14.4. The molecule has 1 aliphatic heterocycles. The van der Waals surface area contributed by atoms with Gasteiger partial charge in [0.05, 0.1) is 5.54 Å². The first-order valence-electron chi connectivity index (χ1n) is 8.16. The molecule has 7 heteroatoms. The average molecular weight is 354 g/mol. The molecule has 3 rings (SSSR count). The van der Waals surface area contributed by atoms with Gasteiger partial charge in [-0.1, -0.05) is 18.9 Å². The first-order valence-corrected chi connectivity index (χ1v) is 8.16. The number of piperazine rings is 1. The first-order chi connectivity index (χ1) is 11.0. The van der Waals surface area contributed by atoms with Gasteiger partial charge in [0.25, 0.3) is 5.91 Å². The first kappa shape index (κ1) is 18.5. The van der Waals surface area contributed by atoms with E-state index in [0.717, 1.165) is 25.7 Å². The monoisotopic (exact) mass is 353 g/mol. The zero-order valence-electron chi connectivity index (χ0n) is 13.6. The Kier molecular flexibility index (Phi) is 5.72. The molecule has 0 spiro atoms. The van der Waals surface area contributed by atoms with Crippen LogP contribution in [0.5, 0.6) is 5.75 Å². The van der Waals surface area contributed by atoms with E-state index in [0.29, 0.717) is 31.7 Å². The van der Waals surface area contributed by atoms with Gasteiger partial charge in [0, 0.05) is 31.7 Å². The second-order valence-electron chi connectivity index (χ2n) is 6.50. The number of carbonyl (C=O) groups excluding carboxylic acids is 2. The summed E-state index contributed by atoms with van der Waals surface area (Å²) in [6, 6.07) is 6.34. The lowest BCUT2D eigenvalue weighted by Crippen LogP contribution is -2.59. The second kappa shape index (κ2) is 7.40. The molecule has 1 aromatic carbocycles. The van der Waals surface area contributed by atoms with Crippen LogP contribution < -0.4 is 5.73 Å². The minimum absolute atomic E-state index is 0. The zero-order chi connectivity index (χ0) is 16.4. The summed E-state index contributed by atoms with van der Waals surface area (Å²) in [5.41, 5.74) is 6.01. The molecule has 0 atom stereocenters. The van der Waals surface area contributed by atoms with Gasteiger partial charge in [0.2, 0.25) is 5.91 Å². The maximum Gasteiger partial charge on any atom is 0.254 e. The predicted octanol–water partition coefficient (Wildman–Crippen LogP) is 1.37. The smallest absolute Gasteiger partial charge is 0.254 e. The Labute approximate surface area is 148 Å². The third-order valence-electron chi connectivity index (χ3n) is 4.87. The van der Waals surface area contributed by atoms with Gasteiger partial charge in [-0.25, -0.2) is 0 Å². The fourth-order valence-corrected chi connectivity index (χ4v) is 3.47. The van der Waals surface area contributed by atoms with E-state index in [1.165, 1.54) is 12.1 Å². The van der Waals surface area contributed by atoms with Crippen LogP contribution in [0.15, 0.2) is 24.3 Å². The van der Waals surface area contributed by atoms with E-state index in [1.54, 1.807) is 21.9 Å². The number of hydrogen-bond donors (Lipinski definition) is 2. The highest BCUT2D eigenvalue weighted by Gasteiger charge is 2.40. The van der Waals surface area contributed by atoms with E-state index < -0.39 is 5.54 Å². The van der Waals surface area contributed by atoms with Gasteiger partial charge in [0.15, 0.2) is 0 Å². The van der Waals surface area contributed by atoms with Crippen molar-refractivity contribution in [2.45, 2.75) is 31.2 Å². The van der Waals surface area contributed by atoms with Crippen LogP contribution in [0.3, 0.4) is 0 Å². The highest BCUT2D eigenvalue weighted by atomic mass is 35.5. The van der Waals surface area contributed by atoms with Crippen molar-refractivity contribution in [2.75, 3.05) is 26.2 Å². The molecular weight excluding hydrogens is 330 g/mol. The van der Waals surface area contributed by atoms with Crippen molar-refractivity contribution in [1.82, 2.24) is 9.80 Å². The minimum Gasteiger partial charge on any atom is -0.508 e. The average Bonchev–Trinajstić information content (AvgIpc) is 3.01. The molecule has 2 amide bonds. The van der Waals surface area contributed by atoms with Crippen molar-refractivity contribution in [3.8, 4) is 5.75 Å². The molecule has 0 unspecified atom stereocenters. The van der Waals surface area contributed by atoms with Crippen LogP contribution in [-0.2, 0) is 4.79 Å². The molecule has 0 bridgehead atoms. The number of benzene rings is 1. The lowest BCUT2D eigenvalue weighted by atomic mass is 9.97. The van der Waals surface area contributed by atoms with E-state index >= 15 is 0 Å². The highest BCUT2D eigenvalue weighted by molar-refractivity contribution is 5.95. The standard InChI is InChI=1S/C17H23N3O3.ClH/c18-17(6-1-2-7-17)16(23)20-10-8-19(9-11-20)15(22)13-4-3-5-14(21)12-13;/h3-5,12,21H,1-2,6-11,18H2;1H. The number of aromatic hydroxyl groups is 1. The second-order valence-corrected chi connectivity index (χ2v) is 6.50. The molecule has 6 nitrogen and oxygen atoms in total. The van der Waals surface area contributed by atoms with E-state index in [9.17, 15) is 14.7 Å². The van der Waals surface area contributed by atoms with Gasteiger partial charge in [-0.2, -0.15) is 0 Å². The van der Waals surface area contributed by atoms with Gasteiger partial charge >= 0.3 is 0 Å².